The topological polar surface area (TPSA) is 122 Å². The number of primary amides is 1. The Kier molecular flexibility index (Phi) is 6.04. The third kappa shape index (κ3) is 4.08. The van der Waals surface area contributed by atoms with E-state index in [1.54, 1.807) is 0 Å². The zero-order valence-corrected chi connectivity index (χ0v) is 17.2. The normalized spacial score (nSPS) is 29.7. The molecule has 2 amide bonds. The Balaban J connectivity index is 2.02. The lowest BCUT2D eigenvalue weighted by atomic mass is 9.77. The van der Waals surface area contributed by atoms with E-state index in [9.17, 15) is 41.6 Å². The minimum atomic E-state index is -4.96. The van der Waals surface area contributed by atoms with E-state index in [0.717, 1.165) is 31.3 Å². The highest BCUT2D eigenvalue weighted by atomic mass is 19.4. The maximum atomic E-state index is 14.0. The Morgan fingerprint density at radius 3 is 2.48 bits per heavy atom. The first-order valence-corrected chi connectivity index (χ1v) is 9.56. The number of nitroso groups, excluding NO2 is 1. The average Bonchev–Trinajstić information content (AvgIpc) is 3.00. The summed E-state index contributed by atoms with van der Waals surface area (Å²) in [5, 5.41) is 12.3. The predicted molar refractivity (Wildman–Crippen MR) is 101 cm³/mol. The fourth-order valence-electron chi connectivity index (χ4n) is 3.90. The van der Waals surface area contributed by atoms with Gasteiger partial charge in [-0.1, -0.05) is 13.0 Å². The molecule has 0 bridgehead atoms. The summed E-state index contributed by atoms with van der Waals surface area (Å²) in [5.74, 6) is -9.59. The number of aromatic hydroxyl groups is 1. The summed E-state index contributed by atoms with van der Waals surface area (Å²) < 4.78 is 74.3. The Labute approximate surface area is 183 Å². The third-order valence-corrected chi connectivity index (χ3v) is 5.96. The van der Waals surface area contributed by atoms with Gasteiger partial charge in [-0.3, -0.25) is 9.59 Å². The van der Waals surface area contributed by atoms with Crippen LogP contribution in [0.15, 0.2) is 36.2 Å². The number of halogens is 5. The van der Waals surface area contributed by atoms with Gasteiger partial charge < -0.3 is 20.9 Å². The van der Waals surface area contributed by atoms with Crippen molar-refractivity contribution in [1.29, 1.82) is 0 Å². The van der Waals surface area contributed by atoms with Crippen LogP contribution >= 0.6 is 0 Å². The summed E-state index contributed by atoms with van der Waals surface area (Å²) in [5.41, 5.74) is 1.64. The predicted octanol–water partition coefficient (Wildman–Crippen LogP) is 2.27. The molecular formula is C20H19F5N3O5+. The number of carbonyl (C=O) groups excluding carboxylic acids is 2. The number of nitrogens with zero attached hydrogens (tertiary/aromatic N) is 1. The van der Waals surface area contributed by atoms with E-state index in [-0.39, 0.29) is 10.5 Å². The Morgan fingerprint density at radius 1 is 1.27 bits per heavy atom. The van der Waals surface area contributed by atoms with Crippen molar-refractivity contribution in [3.63, 3.8) is 0 Å². The second-order valence-electron chi connectivity index (χ2n) is 7.89. The quantitative estimate of drug-likeness (QED) is 0.455. The van der Waals surface area contributed by atoms with Crippen molar-refractivity contribution >= 4 is 11.8 Å². The van der Waals surface area contributed by atoms with Crippen molar-refractivity contribution in [2.24, 2.45) is 11.7 Å². The lowest BCUT2D eigenvalue weighted by Gasteiger charge is -2.31. The molecule has 178 valence electrons. The number of phenols is 1. The van der Waals surface area contributed by atoms with Gasteiger partial charge in [0.1, 0.15) is 6.10 Å². The van der Waals surface area contributed by atoms with Crippen LogP contribution in [0.5, 0.6) is 5.75 Å². The highest BCUT2D eigenvalue weighted by Gasteiger charge is 2.65. The maximum absolute atomic E-state index is 14.0. The fourth-order valence-corrected chi connectivity index (χ4v) is 3.90. The van der Waals surface area contributed by atoms with Crippen molar-refractivity contribution < 1.29 is 46.1 Å². The molecule has 33 heavy (non-hydrogen) atoms. The number of alkyl halides is 3. The van der Waals surface area contributed by atoms with Crippen molar-refractivity contribution in [3.05, 3.63) is 58.3 Å². The first kappa shape index (κ1) is 24.3. The van der Waals surface area contributed by atoms with E-state index < -0.39 is 70.5 Å². The van der Waals surface area contributed by atoms with Crippen molar-refractivity contribution in [2.45, 2.75) is 43.7 Å². The molecule has 2 heterocycles. The van der Waals surface area contributed by atoms with Gasteiger partial charge >= 0.3 is 12.2 Å². The number of nitrogens with one attached hydrogen (secondary N) is 1. The summed E-state index contributed by atoms with van der Waals surface area (Å²) in [4.78, 5) is 35.9. The number of nitrogens with two attached hydrogens (primary N) is 1. The average molecular weight is 476 g/mol. The number of ether oxygens (including phenoxy) is 1. The van der Waals surface area contributed by atoms with Gasteiger partial charge in [0.2, 0.25) is 12.0 Å². The van der Waals surface area contributed by atoms with Crippen LogP contribution in [-0.2, 0) is 14.3 Å². The Morgan fingerprint density at radius 2 is 1.91 bits per heavy atom. The van der Waals surface area contributed by atoms with E-state index in [1.807, 2.05) is 0 Å². The number of benzene rings is 1. The molecule has 1 fully saturated rings. The van der Waals surface area contributed by atoms with Gasteiger partial charge in [-0.05, 0) is 13.0 Å². The molecule has 0 aromatic heterocycles. The molecule has 0 aliphatic carbocycles. The zero-order valence-electron chi connectivity index (χ0n) is 17.2. The molecule has 2 aliphatic rings. The number of hydrogen-bond acceptors (Lipinski definition) is 5. The van der Waals surface area contributed by atoms with Crippen LogP contribution in [0.3, 0.4) is 0 Å². The molecule has 1 saturated heterocycles. The maximum Gasteiger partial charge on any atom is 0.417 e. The molecule has 3 rings (SSSR count). The summed E-state index contributed by atoms with van der Waals surface area (Å²) in [6.45, 7) is 1.80. The highest BCUT2D eigenvalue weighted by Crippen LogP contribution is 2.54. The number of amides is 2. The molecule has 2 aliphatic heterocycles. The molecule has 0 spiro atoms. The zero-order chi connectivity index (χ0) is 24.9. The standard InChI is InChI=1S/C20H18F5N3O5/c1-8-13(10-3-4-11(21)14(22)15(10)29)16(33-19(8,2)20(23,24)25)18(31)27-9-5-6-28(32)12(7-9)17(26)30/h3-8,12-13,16H,1-2H3,(H3-,26,27,29,30,31)/p+1/t8-,12?,13-,16-,19-/m0/s1. The van der Waals surface area contributed by atoms with Crippen molar-refractivity contribution in [3.8, 4) is 5.75 Å². The number of carbonyl (C=O) groups is 2. The lowest BCUT2D eigenvalue weighted by Crippen LogP contribution is -2.47. The number of rotatable bonds is 4. The van der Waals surface area contributed by atoms with Crippen molar-refractivity contribution in [2.75, 3.05) is 0 Å². The molecule has 4 N–H and O–H groups in total. The minimum absolute atomic E-state index is 0.124. The molecular weight excluding hydrogens is 457 g/mol. The lowest BCUT2D eigenvalue weighted by molar-refractivity contribution is -0.495. The van der Waals surface area contributed by atoms with Gasteiger partial charge in [0, 0.05) is 39.2 Å². The van der Waals surface area contributed by atoms with Gasteiger partial charge in [0.25, 0.3) is 11.8 Å². The van der Waals surface area contributed by atoms with Crippen LogP contribution in [0.4, 0.5) is 22.0 Å². The number of allylic oxidation sites excluding steroid dienone is 1. The molecule has 5 atom stereocenters. The largest absolute Gasteiger partial charge is 0.505 e. The second kappa shape index (κ2) is 8.21. The van der Waals surface area contributed by atoms with Gasteiger partial charge in [0.15, 0.2) is 17.2 Å². The van der Waals surface area contributed by atoms with Crippen LogP contribution in [0.1, 0.15) is 25.3 Å². The highest BCUT2D eigenvalue weighted by molar-refractivity contribution is 5.86. The number of hydrogen-bond donors (Lipinski definition) is 3. The van der Waals surface area contributed by atoms with Gasteiger partial charge in [-0.25, -0.2) is 4.39 Å². The second-order valence-corrected chi connectivity index (χ2v) is 7.89. The first-order valence-electron chi connectivity index (χ1n) is 9.56. The summed E-state index contributed by atoms with van der Waals surface area (Å²) >= 11 is 0. The van der Waals surface area contributed by atoms with Gasteiger partial charge in [0.05, 0.1) is 5.70 Å². The monoisotopic (exact) mass is 476 g/mol. The van der Waals surface area contributed by atoms with Crippen LogP contribution in [0.2, 0.25) is 0 Å². The number of phenolic OH excluding ortho intramolecular Hbond substituents is 1. The summed E-state index contributed by atoms with van der Waals surface area (Å²) in [6.07, 6.45) is -3.93. The molecule has 1 unspecified atom stereocenters. The van der Waals surface area contributed by atoms with Crippen LogP contribution in [0, 0.1) is 22.5 Å². The molecule has 1 aromatic rings. The smallest absolute Gasteiger partial charge is 0.417 e. The SMILES string of the molecule is C[C@H]1[C@@H](c2ccc(F)c(F)c2O)[C@@H](C(=O)NC2=CC(C(N)=O)[N+](=O)C=C2)O[C@]1(C)C(F)(F)F. The molecule has 0 saturated carbocycles. The molecule has 0 radical (unpaired) electrons. The summed E-state index contributed by atoms with van der Waals surface area (Å²) in [6, 6.07) is 0.0150. The van der Waals surface area contributed by atoms with E-state index in [0.29, 0.717) is 13.0 Å². The van der Waals surface area contributed by atoms with Crippen LogP contribution in [-0.4, -0.2) is 45.6 Å². The summed E-state index contributed by atoms with van der Waals surface area (Å²) in [7, 11) is 0. The van der Waals surface area contributed by atoms with E-state index in [2.05, 4.69) is 5.32 Å². The first-order chi connectivity index (χ1) is 15.2. The van der Waals surface area contributed by atoms with Crippen LogP contribution < -0.4 is 11.1 Å². The Hall–Kier alpha value is -3.35. The Bertz CT molecular complexity index is 1090. The van der Waals surface area contributed by atoms with Crippen molar-refractivity contribution in [1.82, 2.24) is 5.32 Å². The van der Waals surface area contributed by atoms with E-state index in [1.165, 1.54) is 0 Å². The van der Waals surface area contributed by atoms with Crippen LogP contribution in [0.25, 0.3) is 0 Å². The molecule has 13 heteroatoms. The molecule has 8 nitrogen and oxygen atoms in total. The van der Waals surface area contributed by atoms with E-state index >= 15 is 0 Å². The van der Waals surface area contributed by atoms with E-state index in [4.69, 9.17) is 10.5 Å². The molecule has 1 aromatic carbocycles. The fraction of sp³-hybridized carbons (Fsp3) is 0.400. The van der Waals surface area contributed by atoms with Gasteiger partial charge in [-0.2, -0.15) is 17.6 Å². The third-order valence-electron chi connectivity index (χ3n) is 5.96. The minimum Gasteiger partial charge on any atom is -0.505 e. The van der Waals surface area contributed by atoms with Gasteiger partial charge in [-0.15, -0.1) is 0 Å².